The van der Waals surface area contributed by atoms with Gasteiger partial charge in [-0.3, -0.25) is 0 Å². The molecule has 2 N–H and O–H groups in total. The van der Waals surface area contributed by atoms with E-state index in [1.54, 1.807) is 26.8 Å². The number of alkyl carbamates (subject to hydrolysis) is 1. The van der Waals surface area contributed by atoms with Crippen molar-refractivity contribution < 1.29 is 14.6 Å². The summed E-state index contributed by atoms with van der Waals surface area (Å²) in [4.78, 5) is 15.2. The summed E-state index contributed by atoms with van der Waals surface area (Å²) in [5, 5.41) is 11.5. The number of carbonyl (C=O) groups excluding carboxylic acids is 1. The molecule has 0 aromatic carbocycles. The van der Waals surface area contributed by atoms with Gasteiger partial charge in [-0.05, 0) is 38.8 Å². The predicted molar refractivity (Wildman–Crippen MR) is 67.0 cm³/mol. The van der Waals surface area contributed by atoms with Gasteiger partial charge in [0.15, 0.2) is 0 Å². The van der Waals surface area contributed by atoms with E-state index >= 15 is 0 Å². The topological polar surface area (TPSA) is 71.5 Å². The van der Waals surface area contributed by atoms with E-state index in [0.29, 0.717) is 5.69 Å². The van der Waals surface area contributed by atoms with Crippen LogP contribution in [0.3, 0.4) is 0 Å². The van der Waals surface area contributed by atoms with Crippen molar-refractivity contribution in [2.45, 2.75) is 26.4 Å². The second-order valence-electron chi connectivity index (χ2n) is 4.56. The van der Waals surface area contributed by atoms with Crippen LogP contribution in [0, 0.1) is 11.8 Å². The Morgan fingerprint density at radius 1 is 1.50 bits per heavy atom. The monoisotopic (exact) mass is 248 g/mol. The number of nitrogens with one attached hydrogen (secondary N) is 1. The quantitative estimate of drug-likeness (QED) is 0.741. The van der Waals surface area contributed by atoms with Gasteiger partial charge in [0.2, 0.25) is 0 Å². The largest absolute Gasteiger partial charge is 0.506 e. The van der Waals surface area contributed by atoms with Gasteiger partial charge < -0.3 is 15.2 Å². The summed E-state index contributed by atoms with van der Waals surface area (Å²) >= 11 is 0. The average molecular weight is 248 g/mol. The normalized spacial score (nSPS) is 10.2. The van der Waals surface area contributed by atoms with Crippen LogP contribution in [-0.4, -0.2) is 28.3 Å². The summed E-state index contributed by atoms with van der Waals surface area (Å²) in [6.07, 6.45) is 0.807. The summed E-state index contributed by atoms with van der Waals surface area (Å²) < 4.78 is 5.04. The fourth-order valence-corrected chi connectivity index (χ4v) is 1.03. The molecule has 0 radical (unpaired) electrons. The molecule has 0 aliphatic heterocycles. The zero-order valence-corrected chi connectivity index (χ0v) is 10.7. The molecular weight excluding hydrogens is 232 g/mol. The Labute approximate surface area is 106 Å². The molecule has 0 unspecified atom stereocenters. The summed E-state index contributed by atoms with van der Waals surface area (Å²) in [5.74, 6) is 5.57. The van der Waals surface area contributed by atoms with Crippen LogP contribution >= 0.6 is 0 Å². The van der Waals surface area contributed by atoms with Crippen molar-refractivity contribution in [3.63, 3.8) is 0 Å². The molecule has 0 aliphatic rings. The minimum absolute atomic E-state index is 0.0902. The van der Waals surface area contributed by atoms with Gasteiger partial charge in [0.25, 0.3) is 0 Å². The Morgan fingerprint density at radius 2 is 2.22 bits per heavy atom. The van der Waals surface area contributed by atoms with E-state index in [2.05, 4.69) is 22.1 Å². The van der Waals surface area contributed by atoms with Crippen LogP contribution < -0.4 is 5.32 Å². The molecule has 1 aromatic heterocycles. The summed E-state index contributed by atoms with van der Waals surface area (Å²) in [5.41, 5.74) is 0.00882. The highest BCUT2D eigenvalue weighted by atomic mass is 16.6. The Kier molecular flexibility index (Phi) is 4.55. The first-order chi connectivity index (χ1) is 8.37. The molecule has 0 saturated heterocycles. The highest BCUT2D eigenvalue weighted by molar-refractivity contribution is 5.68. The van der Waals surface area contributed by atoms with Crippen molar-refractivity contribution in [2.75, 3.05) is 6.54 Å². The van der Waals surface area contributed by atoms with Gasteiger partial charge in [-0.2, -0.15) is 0 Å². The van der Waals surface area contributed by atoms with Crippen LogP contribution in [0.1, 0.15) is 26.5 Å². The third-order valence-corrected chi connectivity index (χ3v) is 1.68. The van der Waals surface area contributed by atoms with Gasteiger partial charge >= 0.3 is 6.09 Å². The molecule has 0 bridgehead atoms. The van der Waals surface area contributed by atoms with Crippen molar-refractivity contribution in [2.24, 2.45) is 0 Å². The Bertz CT molecular complexity index is 464. The Hall–Kier alpha value is -2.22. The van der Waals surface area contributed by atoms with Crippen LogP contribution in [0.4, 0.5) is 4.79 Å². The number of rotatable bonds is 1. The summed E-state index contributed by atoms with van der Waals surface area (Å²) in [6, 6.07) is 3.09. The number of pyridine rings is 1. The number of carbonyl (C=O) groups is 1. The second-order valence-corrected chi connectivity index (χ2v) is 4.56. The lowest BCUT2D eigenvalue weighted by Crippen LogP contribution is -2.32. The number of aromatic nitrogens is 1. The summed E-state index contributed by atoms with van der Waals surface area (Å²) in [7, 11) is 0. The van der Waals surface area contributed by atoms with E-state index in [0.717, 1.165) is 0 Å². The number of ether oxygens (including phenoxy) is 1. The first-order valence-corrected chi connectivity index (χ1v) is 5.47. The highest BCUT2D eigenvalue weighted by Gasteiger charge is 2.14. The van der Waals surface area contributed by atoms with Crippen molar-refractivity contribution >= 4 is 6.09 Å². The molecule has 5 nitrogen and oxygen atoms in total. The molecule has 1 heterocycles. The lowest BCUT2D eigenvalue weighted by atomic mass is 10.2. The van der Waals surface area contributed by atoms with Gasteiger partial charge in [-0.1, -0.05) is 5.92 Å². The maximum absolute atomic E-state index is 11.3. The number of hydrogen-bond acceptors (Lipinski definition) is 4. The molecule has 1 aromatic rings. The number of amides is 1. The van der Waals surface area contributed by atoms with Crippen LogP contribution in [0.15, 0.2) is 18.3 Å². The van der Waals surface area contributed by atoms with E-state index in [1.807, 2.05) is 0 Å². The van der Waals surface area contributed by atoms with Crippen molar-refractivity contribution in [3.05, 3.63) is 24.0 Å². The number of nitrogens with zero attached hydrogens (tertiary/aromatic N) is 1. The Balaban J connectivity index is 2.38. The number of aromatic hydroxyl groups is 1. The molecule has 1 rings (SSSR count). The van der Waals surface area contributed by atoms with Crippen LogP contribution in [0.25, 0.3) is 0 Å². The third-order valence-electron chi connectivity index (χ3n) is 1.68. The van der Waals surface area contributed by atoms with Crippen molar-refractivity contribution in [3.8, 4) is 17.6 Å². The van der Waals surface area contributed by atoms with Crippen molar-refractivity contribution in [1.82, 2.24) is 10.3 Å². The fraction of sp³-hybridized carbons (Fsp3) is 0.385. The molecule has 1 amide bonds. The number of hydrogen-bond donors (Lipinski definition) is 2. The van der Waals surface area contributed by atoms with Gasteiger partial charge in [0.1, 0.15) is 17.0 Å². The zero-order valence-electron chi connectivity index (χ0n) is 10.7. The van der Waals surface area contributed by atoms with E-state index < -0.39 is 11.7 Å². The first-order valence-electron chi connectivity index (χ1n) is 5.47. The van der Waals surface area contributed by atoms with Gasteiger partial charge in [-0.15, -0.1) is 0 Å². The molecular formula is C13H16N2O3. The Morgan fingerprint density at radius 3 is 2.78 bits per heavy atom. The minimum Gasteiger partial charge on any atom is -0.506 e. The van der Waals surface area contributed by atoms with Gasteiger partial charge in [-0.25, -0.2) is 9.78 Å². The average Bonchev–Trinajstić information content (AvgIpc) is 2.24. The molecule has 5 heteroatoms. The van der Waals surface area contributed by atoms with E-state index in [4.69, 9.17) is 9.84 Å². The lowest BCUT2D eigenvalue weighted by molar-refractivity contribution is 0.0535. The predicted octanol–water partition coefficient (Wildman–Crippen LogP) is 1.66. The van der Waals surface area contributed by atoms with Gasteiger partial charge in [0, 0.05) is 0 Å². The smallest absolute Gasteiger partial charge is 0.408 e. The lowest BCUT2D eigenvalue weighted by Gasteiger charge is -2.18. The molecule has 0 saturated carbocycles. The molecule has 18 heavy (non-hydrogen) atoms. The summed E-state index contributed by atoms with van der Waals surface area (Å²) in [6.45, 7) is 5.55. The first kappa shape index (κ1) is 13.8. The third kappa shape index (κ3) is 5.75. The van der Waals surface area contributed by atoms with E-state index in [9.17, 15) is 4.79 Å². The minimum atomic E-state index is -0.518. The van der Waals surface area contributed by atoms with Crippen LogP contribution in [0.2, 0.25) is 0 Å². The molecule has 96 valence electrons. The van der Waals surface area contributed by atoms with E-state index in [-0.39, 0.29) is 12.3 Å². The maximum atomic E-state index is 11.3. The molecule has 0 atom stereocenters. The second kappa shape index (κ2) is 5.92. The molecule has 0 fully saturated rings. The van der Waals surface area contributed by atoms with E-state index in [1.165, 1.54) is 12.3 Å². The fourth-order valence-electron chi connectivity index (χ4n) is 1.03. The highest BCUT2D eigenvalue weighted by Crippen LogP contribution is 2.06. The van der Waals surface area contributed by atoms with Gasteiger partial charge in [0.05, 0.1) is 12.7 Å². The van der Waals surface area contributed by atoms with Crippen LogP contribution in [0.5, 0.6) is 5.75 Å². The van der Waals surface area contributed by atoms with Crippen LogP contribution in [-0.2, 0) is 4.74 Å². The molecule has 0 aliphatic carbocycles. The maximum Gasteiger partial charge on any atom is 0.408 e. The zero-order chi connectivity index (χ0) is 13.6. The SMILES string of the molecule is CC(C)(C)OC(=O)NCC#Cc1ccc(O)cn1. The molecule has 0 spiro atoms. The van der Waals surface area contributed by atoms with Crippen molar-refractivity contribution in [1.29, 1.82) is 0 Å². The standard InChI is InChI=1S/C13H16N2O3/c1-13(2,3)18-12(17)14-8-4-5-10-6-7-11(16)9-15-10/h6-7,9,16H,8H2,1-3H3,(H,14,17).